The number of imidazole rings is 1. The van der Waals surface area contributed by atoms with E-state index in [0.29, 0.717) is 12.1 Å². The molecule has 0 radical (unpaired) electrons. The molecule has 0 bridgehead atoms. The van der Waals surface area contributed by atoms with E-state index in [9.17, 15) is 0 Å². The van der Waals surface area contributed by atoms with E-state index < -0.39 is 0 Å². The monoisotopic (exact) mass is 330 g/mol. The number of hydrogen-bond acceptors (Lipinski definition) is 3. The van der Waals surface area contributed by atoms with Crippen LogP contribution < -0.4 is 5.32 Å². The molecule has 4 nitrogen and oxygen atoms in total. The van der Waals surface area contributed by atoms with Gasteiger partial charge in [-0.05, 0) is 32.4 Å². The second-order valence-corrected chi connectivity index (χ2v) is 5.87. The SMILES string of the molecule is Cc1ccc2nc(CN3CC(C)NC(C)C3)cn2c1.Cl.Cl. The number of nitrogens with one attached hydrogen (secondary N) is 1. The Labute approximate surface area is 138 Å². The van der Waals surface area contributed by atoms with Crippen molar-refractivity contribution >= 4 is 30.5 Å². The molecular formula is C15H24Cl2N4. The van der Waals surface area contributed by atoms with Crippen molar-refractivity contribution < 1.29 is 0 Å². The van der Waals surface area contributed by atoms with Crippen LogP contribution in [0.15, 0.2) is 24.5 Å². The molecule has 118 valence electrons. The highest BCUT2D eigenvalue weighted by Crippen LogP contribution is 2.12. The number of halogens is 2. The molecule has 0 spiro atoms. The van der Waals surface area contributed by atoms with Gasteiger partial charge < -0.3 is 9.72 Å². The predicted octanol–water partition coefficient (Wildman–Crippen LogP) is 2.67. The summed E-state index contributed by atoms with van der Waals surface area (Å²) in [6.45, 7) is 9.73. The molecule has 2 aromatic rings. The first-order chi connectivity index (χ1) is 9.10. The first-order valence-corrected chi connectivity index (χ1v) is 7.03. The second kappa shape index (κ2) is 7.45. The van der Waals surface area contributed by atoms with E-state index in [1.165, 1.54) is 5.56 Å². The van der Waals surface area contributed by atoms with E-state index in [1.807, 2.05) is 0 Å². The number of aryl methyl sites for hydroxylation is 1. The molecule has 0 aromatic carbocycles. The Bertz CT molecular complexity index is 574. The summed E-state index contributed by atoms with van der Waals surface area (Å²) in [4.78, 5) is 7.19. The van der Waals surface area contributed by atoms with Gasteiger partial charge in [-0.2, -0.15) is 0 Å². The number of fused-ring (bicyclic) bond motifs is 1. The van der Waals surface area contributed by atoms with Crippen molar-refractivity contribution in [3.05, 3.63) is 35.8 Å². The van der Waals surface area contributed by atoms with Gasteiger partial charge in [-0.25, -0.2) is 4.98 Å². The lowest BCUT2D eigenvalue weighted by atomic mass is 10.1. The molecule has 2 aromatic heterocycles. The van der Waals surface area contributed by atoms with Crippen molar-refractivity contribution in [2.45, 2.75) is 39.4 Å². The zero-order valence-electron chi connectivity index (χ0n) is 12.7. The number of piperazine rings is 1. The van der Waals surface area contributed by atoms with Crippen molar-refractivity contribution in [3.8, 4) is 0 Å². The topological polar surface area (TPSA) is 32.6 Å². The third-order valence-corrected chi connectivity index (χ3v) is 3.67. The molecule has 1 N–H and O–H groups in total. The lowest BCUT2D eigenvalue weighted by Crippen LogP contribution is -2.53. The average molecular weight is 331 g/mol. The zero-order chi connectivity index (χ0) is 13.4. The van der Waals surface area contributed by atoms with Gasteiger partial charge in [0.1, 0.15) is 5.65 Å². The summed E-state index contributed by atoms with van der Waals surface area (Å²) in [5.41, 5.74) is 3.46. The summed E-state index contributed by atoms with van der Waals surface area (Å²) in [5.74, 6) is 0. The quantitative estimate of drug-likeness (QED) is 0.918. The van der Waals surface area contributed by atoms with E-state index in [0.717, 1.165) is 31.0 Å². The molecule has 6 heteroatoms. The van der Waals surface area contributed by atoms with Crippen LogP contribution in [0.1, 0.15) is 25.1 Å². The molecule has 1 aliphatic rings. The van der Waals surface area contributed by atoms with Gasteiger partial charge in [0.05, 0.1) is 5.69 Å². The van der Waals surface area contributed by atoms with Crippen LogP contribution in [0.3, 0.4) is 0 Å². The summed E-state index contributed by atoms with van der Waals surface area (Å²) in [6, 6.07) is 5.31. The largest absolute Gasteiger partial charge is 0.309 e. The first kappa shape index (κ1) is 18.2. The molecule has 1 fully saturated rings. The zero-order valence-corrected chi connectivity index (χ0v) is 14.4. The Morgan fingerprint density at radius 2 is 1.81 bits per heavy atom. The Morgan fingerprint density at radius 3 is 2.48 bits per heavy atom. The fourth-order valence-corrected chi connectivity index (χ4v) is 3.03. The minimum atomic E-state index is 0. The van der Waals surface area contributed by atoms with Crippen molar-refractivity contribution in [2.24, 2.45) is 0 Å². The van der Waals surface area contributed by atoms with Gasteiger partial charge in [-0.1, -0.05) is 6.07 Å². The summed E-state index contributed by atoms with van der Waals surface area (Å²) in [6.07, 6.45) is 4.29. The third-order valence-electron chi connectivity index (χ3n) is 3.67. The fourth-order valence-electron chi connectivity index (χ4n) is 3.03. The van der Waals surface area contributed by atoms with Crippen LogP contribution in [0.4, 0.5) is 0 Å². The lowest BCUT2D eigenvalue weighted by Gasteiger charge is -2.35. The minimum Gasteiger partial charge on any atom is -0.309 e. The van der Waals surface area contributed by atoms with E-state index in [4.69, 9.17) is 4.98 Å². The lowest BCUT2D eigenvalue weighted by molar-refractivity contribution is 0.165. The van der Waals surface area contributed by atoms with Gasteiger partial charge in [0, 0.05) is 44.1 Å². The number of rotatable bonds is 2. The molecule has 0 aliphatic carbocycles. The molecule has 0 saturated carbocycles. The summed E-state index contributed by atoms with van der Waals surface area (Å²) in [5, 5.41) is 3.56. The van der Waals surface area contributed by atoms with E-state index in [1.54, 1.807) is 0 Å². The van der Waals surface area contributed by atoms with Crippen molar-refractivity contribution in [3.63, 3.8) is 0 Å². The molecule has 2 atom stereocenters. The number of aromatic nitrogens is 2. The van der Waals surface area contributed by atoms with Gasteiger partial charge in [-0.15, -0.1) is 24.8 Å². The minimum absolute atomic E-state index is 0. The van der Waals surface area contributed by atoms with Gasteiger partial charge in [0.25, 0.3) is 0 Å². The molecule has 1 aliphatic heterocycles. The van der Waals surface area contributed by atoms with Gasteiger partial charge >= 0.3 is 0 Å². The standard InChI is InChI=1S/C15H22N4.2ClH/c1-11-4-5-15-17-14(10-19(15)6-11)9-18-7-12(2)16-13(3)8-18;;/h4-6,10,12-13,16H,7-9H2,1-3H3;2*1H. The molecule has 0 amide bonds. The highest BCUT2D eigenvalue weighted by molar-refractivity contribution is 5.85. The van der Waals surface area contributed by atoms with E-state index in [-0.39, 0.29) is 24.8 Å². The maximum Gasteiger partial charge on any atom is 0.137 e. The van der Waals surface area contributed by atoms with Crippen LogP contribution in [0.2, 0.25) is 0 Å². The van der Waals surface area contributed by atoms with Crippen molar-refractivity contribution in [2.75, 3.05) is 13.1 Å². The Balaban J connectivity index is 0.00000110. The number of hydrogen-bond donors (Lipinski definition) is 1. The molecular weight excluding hydrogens is 307 g/mol. The summed E-state index contributed by atoms with van der Waals surface area (Å²) >= 11 is 0. The highest BCUT2D eigenvalue weighted by Gasteiger charge is 2.21. The van der Waals surface area contributed by atoms with E-state index in [2.05, 4.69) is 59.9 Å². The Kier molecular flexibility index (Phi) is 6.47. The first-order valence-electron chi connectivity index (χ1n) is 7.03. The van der Waals surface area contributed by atoms with Crippen LogP contribution in [0, 0.1) is 6.92 Å². The van der Waals surface area contributed by atoms with E-state index >= 15 is 0 Å². The summed E-state index contributed by atoms with van der Waals surface area (Å²) in [7, 11) is 0. The summed E-state index contributed by atoms with van der Waals surface area (Å²) < 4.78 is 2.12. The predicted molar refractivity (Wildman–Crippen MR) is 91.8 cm³/mol. The molecule has 3 rings (SSSR count). The smallest absolute Gasteiger partial charge is 0.137 e. The number of pyridine rings is 1. The van der Waals surface area contributed by atoms with Crippen LogP contribution in [-0.4, -0.2) is 39.5 Å². The molecule has 21 heavy (non-hydrogen) atoms. The Morgan fingerprint density at radius 1 is 1.14 bits per heavy atom. The second-order valence-electron chi connectivity index (χ2n) is 5.87. The Hall–Kier alpha value is -0.810. The molecule has 2 unspecified atom stereocenters. The van der Waals surface area contributed by atoms with Gasteiger partial charge in [0.2, 0.25) is 0 Å². The third kappa shape index (κ3) is 4.33. The average Bonchev–Trinajstić information content (AvgIpc) is 2.68. The maximum absolute atomic E-state index is 4.70. The highest BCUT2D eigenvalue weighted by atomic mass is 35.5. The normalized spacial score (nSPS) is 22.6. The van der Waals surface area contributed by atoms with Gasteiger partial charge in [0.15, 0.2) is 0 Å². The van der Waals surface area contributed by atoms with Crippen LogP contribution >= 0.6 is 24.8 Å². The van der Waals surface area contributed by atoms with Crippen LogP contribution in [0.5, 0.6) is 0 Å². The van der Waals surface area contributed by atoms with Crippen molar-refractivity contribution in [1.82, 2.24) is 19.6 Å². The maximum atomic E-state index is 4.70. The fraction of sp³-hybridized carbons (Fsp3) is 0.533. The van der Waals surface area contributed by atoms with Crippen LogP contribution in [-0.2, 0) is 6.54 Å². The molecule has 1 saturated heterocycles. The molecule has 3 heterocycles. The number of nitrogens with zero attached hydrogens (tertiary/aromatic N) is 3. The van der Waals surface area contributed by atoms with Crippen molar-refractivity contribution in [1.29, 1.82) is 0 Å². The van der Waals surface area contributed by atoms with Crippen LogP contribution in [0.25, 0.3) is 5.65 Å². The van der Waals surface area contributed by atoms with Gasteiger partial charge in [-0.3, -0.25) is 4.90 Å².